The molecule has 2 aromatic rings. The first kappa shape index (κ1) is 13.0. The maximum Gasteiger partial charge on any atom is 0.254 e. The molecule has 0 atom stereocenters. The van der Waals surface area contributed by atoms with Crippen LogP contribution < -0.4 is 10.6 Å². The van der Waals surface area contributed by atoms with Gasteiger partial charge >= 0.3 is 0 Å². The Bertz CT molecular complexity index is 589. The predicted octanol–water partition coefficient (Wildman–Crippen LogP) is 2.29. The number of nitrogens with two attached hydrogens (primary N) is 1. The van der Waals surface area contributed by atoms with E-state index >= 15 is 0 Å². The smallest absolute Gasteiger partial charge is 0.254 e. The monoisotopic (exact) mass is 287 g/mol. The zero-order chi connectivity index (χ0) is 13.9. The standard InChI is InChI=1S/C15H17N3OS/c16-13-4-1-3-12(11-13)15(19)18-8-6-17(7-9-18)14-5-2-10-20-14/h1-5,10-11H,6-9,16H2. The van der Waals surface area contributed by atoms with Crippen LogP contribution in [-0.2, 0) is 0 Å². The first-order chi connectivity index (χ1) is 9.74. The normalized spacial score (nSPS) is 15.4. The van der Waals surface area contributed by atoms with Crippen molar-refractivity contribution in [3.05, 3.63) is 47.3 Å². The molecule has 1 amide bonds. The molecule has 1 aliphatic heterocycles. The molecule has 1 aromatic carbocycles. The minimum absolute atomic E-state index is 0.0723. The summed E-state index contributed by atoms with van der Waals surface area (Å²) in [6.45, 7) is 3.28. The topological polar surface area (TPSA) is 49.6 Å². The number of nitrogens with zero attached hydrogens (tertiary/aromatic N) is 2. The fourth-order valence-electron chi connectivity index (χ4n) is 2.43. The Morgan fingerprint density at radius 3 is 2.55 bits per heavy atom. The molecule has 4 nitrogen and oxygen atoms in total. The molecule has 0 saturated carbocycles. The molecule has 2 heterocycles. The predicted molar refractivity (Wildman–Crippen MR) is 83.3 cm³/mol. The molecule has 1 saturated heterocycles. The van der Waals surface area contributed by atoms with Crippen LogP contribution in [0.5, 0.6) is 0 Å². The van der Waals surface area contributed by atoms with Gasteiger partial charge in [0.05, 0.1) is 5.00 Å². The van der Waals surface area contributed by atoms with Gasteiger partial charge in [-0.05, 0) is 35.7 Å². The highest BCUT2D eigenvalue weighted by Crippen LogP contribution is 2.23. The maximum absolute atomic E-state index is 12.4. The van der Waals surface area contributed by atoms with Crippen molar-refractivity contribution in [2.75, 3.05) is 36.8 Å². The van der Waals surface area contributed by atoms with E-state index in [9.17, 15) is 4.79 Å². The van der Waals surface area contributed by atoms with E-state index in [4.69, 9.17) is 5.73 Å². The van der Waals surface area contributed by atoms with Crippen LogP contribution in [0, 0.1) is 0 Å². The van der Waals surface area contributed by atoms with Crippen molar-refractivity contribution in [3.63, 3.8) is 0 Å². The number of nitrogen functional groups attached to an aromatic ring is 1. The maximum atomic E-state index is 12.4. The lowest BCUT2D eigenvalue weighted by molar-refractivity contribution is 0.0747. The third-order valence-electron chi connectivity index (χ3n) is 3.52. The summed E-state index contributed by atoms with van der Waals surface area (Å²) in [5.74, 6) is 0.0723. The van der Waals surface area contributed by atoms with E-state index in [1.807, 2.05) is 17.0 Å². The van der Waals surface area contributed by atoms with E-state index in [-0.39, 0.29) is 5.91 Å². The van der Waals surface area contributed by atoms with Crippen molar-refractivity contribution in [1.82, 2.24) is 4.90 Å². The highest BCUT2D eigenvalue weighted by molar-refractivity contribution is 7.14. The van der Waals surface area contributed by atoms with Gasteiger partial charge in [0.2, 0.25) is 0 Å². The third-order valence-corrected chi connectivity index (χ3v) is 4.45. The number of piperazine rings is 1. The number of hydrogen-bond acceptors (Lipinski definition) is 4. The van der Waals surface area contributed by atoms with Crippen molar-refractivity contribution >= 4 is 27.9 Å². The largest absolute Gasteiger partial charge is 0.399 e. The van der Waals surface area contributed by atoms with Gasteiger partial charge in [0.15, 0.2) is 0 Å². The molecule has 0 bridgehead atoms. The zero-order valence-electron chi connectivity index (χ0n) is 11.2. The molecule has 1 aromatic heterocycles. The number of anilines is 2. The number of rotatable bonds is 2. The van der Waals surface area contributed by atoms with Gasteiger partial charge in [0.25, 0.3) is 5.91 Å². The van der Waals surface area contributed by atoms with Crippen LogP contribution in [0.15, 0.2) is 41.8 Å². The van der Waals surface area contributed by atoms with Crippen LogP contribution >= 0.6 is 11.3 Å². The van der Waals surface area contributed by atoms with Gasteiger partial charge in [-0.2, -0.15) is 0 Å². The fraction of sp³-hybridized carbons (Fsp3) is 0.267. The molecule has 20 heavy (non-hydrogen) atoms. The lowest BCUT2D eigenvalue weighted by atomic mass is 10.1. The van der Waals surface area contributed by atoms with Gasteiger partial charge in [-0.25, -0.2) is 0 Å². The van der Waals surface area contributed by atoms with Gasteiger partial charge in [-0.3, -0.25) is 4.79 Å². The summed E-state index contributed by atoms with van der Waals surface area (Å²) in [4.78, 5) is 16.6. The molecular weight excluding hydrogens is 270 g/mol. The minimum Gasteiger partial charge on any atom is -0.399 e. The summed E-state index contributed by atoms with van der Waals surface area (Å²) in [5.41, 5.74) is 7.04. The number of carbonyl (C=O) groups is 1. The summed E-state index contributed by atoms with van der Waals surface area (Å²) in [6.07, 6.45) is 0. The van der Waals surface area contributed by atoms with E-state index in [1.54, 1.807) is 23.5 Å². The number of hydrogen-bond donors (Lipinski definition) is 1. The zero-order valence-corrected chi connectivity index (χ0v) is 12.0. The van der Waals surface area contributed by atoms with Gasteiger partial charge < -0.3 is 15.5 Å². The van der Waals surface area contributed by atoms with E-state index in [1.165, 1.54) is 5.00 Å². The second-order valence-electron chi connectivity index (χ2n) is 4.86. The second kappa shape index (κ2) is 5.54. The fourth-order valence-corrected chi connectivity index (χ4v) is 3.22. The summed E-state index contributed by atoms with van der Waals surface area (Å²) in [5, 5.41) is 3.36. The van der Waals surface area contributed by atoms with Crippen molar-refractivity contribution < 1.29 is 4.79 Å². The SMILES string of the molecule is Nc1cccc(C(=O)N2CCN(c3cccs3)CC2)c1. The average Bonchev–Trinajstić information content (AvgIpc) is 3.01. The van der Waals surface area contributed by atoms with E-state index in [0.717, 1.165) is 26.2 Å². The summed E-state index contributed by atoms with van der Waals surface area (Å²) >= 11 is 1.74. The van der Waals surface area contributed by atoms with Crippen LogP contribution in [0.1, 0.15) is 10.4 Å². The van der Waals surface area contributed by atoms with Crippen LogP contribution in [0.2, 0.25) is 0 Å². The van der Waals surface area contributed by atoms with E-state index in [2.05, 4.69) is 22.4 Å². The molecule has 1 fully saturated rings. The van der Waals surface area contributed by atoms with Gasteiger partial charge in [0.1, 0.15) is 0 Å². The van der Waals surface area contributed by atoms with E-state index < -0.39 is 0 Å². The molecule has 5 heteroatoms. The highest BCUT2D eigenvalue weighted by Gasteiger charge is 2.22. The average molecular weight is 287 g/mol. The Labute approximate surface area is 122 Å². The van der Waals surface area contributed by atoms with Gasteiger partial charge in [-0.15, -0.1) is 11.3 Å². The molecule has 104 valence electrons. The minimum atomic E-state index is 0.0723. The molecule has 0 aliphatic carbocycles. The van der Waals surface area contributed by atoms with Crippen molar-refractivity contribution in [1.29, 1.82) is 0 Å². The second-order valence-corrected chi connectivity index (χ2v) is 5.78. The first-order valence-electron chi connectivity index (χ1n) is 6.67. The quantitative estimate of drug-likeness (QED) is 0.862. The van der Waals surface area contributed by atoms with E-state index in [0.29, 0.717) is 11.3 Å². The van der Waals surface area contributed by atoms with Crippen LogP contribution in [-0.4, -0.2) is 37.0 Å². The van der Waals surface area contributed by atoms with Crippen LogP contribution in [0.3, 0.4) is 0 Å². The summed E-state index contributed by atoms with van der Waals surface area (Å²) < 4.78 is 0. The number of carbonyl (C=O) groups excluding carboxylic acids is 1. The van der Waals surface area contributed by atoms with Gasteiger partial charge in [0, 0.05) is 37.4 Å². The Balaban J connectivity index is 1.65. The van der Waals surface area contributed by atoms with Crippen molar-refractivity contribution in [2.24, 2.45) is 0 Å². The molecule has 2 N–H and O–H groups in total. The number of benzene rings is 1. The van der Waals surface area contributed by atoms with Crippen LogP contribution in [0.4, 0.5) is 10.7 Å². The van der Waals surface area contributed by atoms with Crippen molar-refractivity contribution in [2.45, 2.75) is 0 Å². The Kier molecular flexibility index (Phi) is 3.60. The van der Waals surface area contributed by atoms with Gasteiger partial charge in [-0.1, -0.05) is 6.07 Å². The lowest BCUT2D eigenvalue weighted by Gasteiger charge is -2.35. The van der Waals surface area contributed by atoms with Crippen LogP contribution in [0.25, 0.3) is 0 Å². The first-order valence-corrected chi connectivity index (χ1v) is 7.55. The number of thiophene rings is 1. The number of amides is 1. The Hall–Kier alpha value is -2.01. The third kappa shape index (κ3) is 2.63. The molecule has 0 radical (unpaired) electrons. The summed E-state index contributed by atoms with van der Waals surface area (Å²) in [7, 11) is 0. The molecular formula is C15H17N3OS. The molecule has 1 aliphatic rings. The highest BCUT2D eigenvalue weighted by atomic mass is 32.1. The molecule has 0 unspecified atom stereocenters. The van der Waals surface area contributed by atoms with Crippen molar-refractivity contribution in [3.8, 4) is 0 Å². The molecule has 0 spiro atoms. The Morgan fingerprint density at radius 2 is 1.90 bits per heavy atom. The lowest BCUT2D eigenvalue weighted by Crippen LogP contribution is -2.48. The Morgan fingerprint density at radius 1 is 1.10 bits per heavy atom. The molecule has 3 rings (SSSR count). The summed E-state index contributed by atoms with van der Waals surface area (Å²) in [6, 6.07) is 11.4.